The summed E-state index contributed by atoms with van der Waals surface area (Å²) in [5.41, 5.74) is 6.55. The van der Waals surface area contributed by atoms with Crippen molar-refractivity contribution in [2.24, 2.45) is 11.8 Å². The Bertz CT molecular complexity index is 1150. The van der Waals surface area contributed by atoms with Crippen molar-refractivity contribution < 1.29 is 0 Å². The summed E-state index contributed by atoms with van der Waals surface area (Å²) >= 11 is 0. The Balaban J connectivity index is 1.76. The molecule has 3 atom stereocenters. The zero-order valence-electron chi connectivity index (χ0n) is 28.6. The number of hydrogen-bond donors (Lipinski definition) is 1. The molecular formula is C42H62N2. The fourth-order valence-corrected chi connectivity index (χ4v) is 7.24. The Hall–Kier alpha value is -2.84. The SMILES string of the molecule is C=C(CCC(c1ccccc1)C(CC)CCC(CCNC)N(CC1CCCCC1)C(=C)CC)c1cccc(/C=C\C=C/C)c1. The van der Waals surface area contributed by atoms with Gasteiger partial charge in [0.25, 0.3) is 0 Å². The summed E-state index contributed by atoms with van der Waals surface area (Å²) in [5, 5.41) is 3.46. The molecule has 0 radical (unpaired) electrons. The molecule has 0 amide bonds. The van der Waals surface area contributed by atoms with Gasteiger partial charge in [0.2, 0.25) is 0 Å². The number of nitrogens with one attached hydrogen (secondary N) is 1. The van der Waals surface area contributed by atoms with E-state index < -0.39 is 0 Å². The van der Waals surface area contributed by atoms with Crippen LogP contribution in [0.4, 0.5) is 0 Å². The molecule has 0 heterocycles. The van der Waals surface area contributed by atoms with Crippen molar-refractivity contribution in [1.82, 2.24) is 10.2 Å². The van der Waals surface area contributed by atoms with E-state index in [0.717, 1.165) is 31.7 Å². The zero-order chi connectivity index (χ0) is 31.6. The molecule has 240 valence electrons. The standard InChI is InChI=1S/C42H62N2/c1-7-10-13-19-36-22-18-25-40(32-36)34(4)26-29-42(39-23-16-12-17-24-39)38(9-3)27-28-41(30-31-43-6)44(35(5)8-2)33-37-20-14-11-15-21-37/h7,10,12-13,16-19,22-25,32,37-38,41-43H,4-5,8-9,11,14-15,20-21,26-31,33H2,1-3,6H3/b10-7-,19-13-. The van der Waals surface area contributed by atoms with Crippen molar-refractivity contribution in [1.29, 1.82) is 0 Å². The van der Waals surface area contributed by atoms with Crippen LogP contribution >= 0.6 is 0 Å². The summed E-state index contributed by atoms with van der Waals surface area (Å²) in [6, 6.07) is 20.7. The molecular weight excluding hydrogens is 532 g/mol. The summed E-state index contributed by atoms with van der Waals surface area (Å²) in [7, 11) is 2.10. The van der Waals surface area contributed by atoms with Gasteiger partial charge in [-0.3, -0.25) is 0 Å². The van der Waals surface area contributed by atoms with Crippen molar-refractivity contribution in [2.75, 3.05) is 20.1 Å². The first-order chi connectivity index (χ1) is 21.5. The van der Waals surface area contributed by atoms with Crippen molar-refractivity contribution in [3.05, 3.63) is 108 Å². The van der Waals surface area contributed by atoms with Crippen molar-refractivity contribution >= 4 is 11.6 Å². The van der Waals surface area contributed by atoms with Crippen LogP contribution in [0.25, 0.3) is 11.6 Å². The molecule has 1 fully saturated rings. The molecule has 3 unspecified atom stereocenters. The maximum Gasteiger partial charge on any atom is 0.0299 e. The van der Waals surface area contributed by atoms with Gasteiger partial charge in [-0.1, -0.05) is 126 Å². The second kappa shape index (κ2) is 20.2. The summed E-state index contributed by atoms with van der Waals surface area (Å²) < 4.78 is 0. The van der Waals surface area contributed by atoms with Crippen LogP contribution in [0.3, 0.4) is 0 Å². The van der Waals surface area contributed by atoms with Gasteiger partial charge in [-0.15, -0.1) is 0 Å². The highest BCUT2D eigenvalue weighted by Gasteiger charge is 2.27. The fourth-order valence-electron chi connectivity index (χ4n) is 7.24. The Morgan fingerprint density at radius 2 is 1.70 bits per heavy atom. The minimum absolute atomic E-state index is 0.529. The van der Waals surface area contributed by atoms with E-state index in [9.17, 15) is 0 Å². The number of hydrogen-bond acceptors (Lipinski definition) is 2. The second-order valence-electron chi connectivity index (χ2n) is 13.0. The van der Waals surface area contributed by atoms with E-state index in [2.05, 4.69) is 123 Å². The lowest BCUT2D eigenvalue weighted by molar-refractivity contribution is 0.161. The van der Waals surface area contributed by atoms with E-state index in [1.807, 2.05) is 6.92 Å². The van der Waals surface area contributed by atoms with Crippen molar-refractivity contribution in [2.45, 2.75) is 110 Å². The minimum Gasteiger partial charge on any atom is -0.372 e. The molecule has 2 aromatic rings. The predicted octanol–water partition coefficient (Wildman–Crippen LogP) is 11.4. The van der Waals surface area contributed by atoms with Gasteiger partial charge in [0.15, 0.2) is 0 Å². The molecule has 0 aromatic heterocycles. The van der Waals surface area contributed by atoms with E-state index in [1.165, 1.54) is 92.3 Å². The Morgan fingerprint density at radius 1 is 0.932 bits per heavy atom. The van der Waals surface area contributed by atoms with Crippen LogP contribution in [0.15, 0.2) is 91.7 Å². The van der Waals surface area contributed by atoms with Gasteiger partial charge in [0.1, 0.15) is 0 Å². The fraction of sp³-hybridized carbons (Fsp3) is 0.524. The second-order valence-corrected chi connectivity index (χ2v) is 13.0. The molecule has 1 saturated carbocycles. The molecule has 1 N–H and O–H groups in total. The highest BCUT2D eigenvalue weighted by atomic mass is 15.2. The molecule has 0 saturated heterocycles. The molecule has 2 heteroatoms. The van der Waals surface area contributed by atoms with Gasteiger partial charge in [-0.2, -0.15) is 0 Å². The van der Waals surface area contributed by atoms with E-state index in [1.54, 1.807) is 0 Å². The lowest BCUT2D eigenvalue weighted by atomic mass is 9.77. The topological polar surface area (TPSA) is 15.3 Å². The smallest absolute Gasteiger partial charge is 0.0299 e. The molecule has 1 aliphatic rings. The molecule has 0 spiro atoms. The quantitative estimate of drug-likeness (QED) is 0.153. The highest BCUT2D eigenvalue weighted by Crippen LogP contribution is 2.38. The number of allylic oxidation sites excluding steroid dienone is 5. The number of rotatable bonds is 20. The maximum atomic E-state index is 4.59. The number of nitrogens with zero attached hydrogens (tertiary/aromatic N) is 1. The average Bonchev–Trinajstić information content (AvgIpc) is 3.07. The molecule has 0 bridgehead atoms. The van der Waals surface area contributed by atoms with Gasteiger partial charge in [-0.05, 0) is 118 Å². The Morgan fingerprint density at radius 3 is 2.39 bits per heavy atom. The van der Waals surface area contributed by atoms with Crippen LogP contribution in [-0.4, -0.2) is 31.1 Å². The highest BCUT2D eigenvalue weighted by molar-refractivity contribution is 5.66. The van der Waals surface area contributed by atoms with Crippen molar-refractivity contribution in [3.63, 3.8) is 0 Å². The zero-order valence-corrected chi connectivity index (χ0v) is 28.6. The lowest BCUT2D eigenvalue weighted by Crippen LogP contribution is -2.40. The van der Waals surface area contributed by atoms with Crippen LogP contribution < -0.4 is 5.32 Å². The van der Waals surface area contributed by atoms with Crippen LogP contribution in [0.5, 0.6) is 0 Å². The Labute approximate surface area is 271 Å². The first-order valence-electron chi connectivity index (χ1n) is 17.7. The Kier molecular flexibility index (Phi) is 16.4. The summed E-state index contributed by atoms with van der Waals surface area (Å²) in [6.07, 6.45) is 23.5. The van der Waals surface area contributed by atoms with Crippen LogP contribution in [0, 0.1) is 11.8 Å². The van der Waals surface area contributed by atoms with E-state index in [-0.39, 0.29) is 0 Å². The van der Waals surface area contributed by atoms with Gasteiger partial charge < -0.3 is 10.2 Å². The third-order valence-electron chi connectivity index (χ3n) is 10.00. The lowest BCUT2D eigenvalue weighted by Gasteiger charge is -2.40. The molecule has 0 aliphatic heterocycles. The molecule has 44 heavy (non-hydrogen) atoms. The summed E-state index contributed by atoms with van der Waals surface area (Å²) in [5.74, 6) is 2.00. The van der Waals surface area contributed by atoms with Gasteiger partial charge in [-0.25, -0.2) is 0 Å². The van der Waals surface area contributed by atoms with Gasteiger partial charge in [0, 0.05) is 18.3 Å². The van der Waals surface area contributed by atoms with E-state index in [0.29, 0.717) is 17.9 Å². The van der Waals surface area contributed by atoms with Crippen LogP contribution in [-0.2, 0) is 0 Å². The van der Waals surface area contributed by atoms with Gasteiger partial charge in [0.05, 0.1) is 0 Å². The van der Waals surface area contributed by atoms with Crippen LogP contribution in [0.1, 0.15) is 120 Å². The first-order valence-corrected chi connectivity index (χ1v) is 17.7. The predicted molar refractivity (Wildman–Crippen MR) is 196 cm³/mol. The third kappa shape index (κ3) is 11.6. The van der Waals surface area contributed by atoms with Gasteiger partial charge >= 0.3 is 0 Å². The third-order valence-corrected chi connectivity index (χ3v) is 10.00. The molecule has 2 aromatic carbocycles. The molecule has 3 rings (SSSR count). The minimum atomic E-state index is 0.529. The number of benzene rings is 2. The first kappa shape index (κ1) is 35.6. The van der Waals surface area contributed by atoms with E-state index in [4.69, 9.17) is 0 Å². The van der Waals surface area contributed by atoms with Crippen molar-refractivity contribution in [3.8, 4) is 0 Å². The average molecular weight is 595 g/mol. The normalized spacial score (nSPS) is 16.3. The molecule has 1 aliphatic carbocycles. The summed E-state index contributed by atoms with van der Waals surface area (Å²) in [4.78, 5) is 2.75. The molecule has 2 nitrogen and oxygen atoms in total. The van der Waals surface area contributed by atoms with Crippen LogP contribution in [0.2, 0.25) is 0 Å². The van der Waals surface area contributed by atoms with E-state index >= 15 is 0 Å². The monoisotopic (exact) mass is 594 g/mol. The maximum absolute atomic E-state index is 4.59. The largest absolute Gasteiger partial charge is 0.372 e. The summed E-state index contributed by atoms with van der Waals surface area (Å²) in [6.45, 7) is 18.2.